The van der Waals surface area contributed by atoms with Crippen LogP contribution in [-0.4, -0.2) is 0 Å². The van der Waals surface area contributed by atoms with E-state index in [0.29, 0.717) is 5.92 Å². The molecule has 1 aromatic rings. The Balaban J connectivity index is 0.00000169. The minimum atomic E-state index is 0. The van der Waals surface area contributed by atoms with Crippen LogP contribution in [0, 0.1) is 19.8 Å². The maximum Gasteiger partial charge on any atom is 3.00 e. The third-order valence-electron chi connectivity index (χ3n) is 2.84. The molecule has 1 atom stereocenters. The van der Waals surface area contributed by atoms with Gasteiger partial charge in [-0.3, -0.25) is 0 Å². The van der Waals surface area contributed by atoms with Gasteiger partial charge in [-0.15, -0.1) is 5.92 Å². The Kier molecular flexibility index (Phi) is 6.17. The van der Waals surface area contributed by atoms with Crippen LogP contribution in [-0.2, 0) is 32.7 Å². The van der Waals surface area contributed by atoms with E-state index in [-0.39, 0.29) is 32.7 Å². The van der Waals surface area contributed by atoms with Crippen LogP contribution in [0.1, 0.15) is 43.4 Å². The molecular weight excluding hydrogens is 245 g/mol. The molecule has 0 nitrogen and oxygen atoms in total. The topological polar surface area (TPSA) is 0 Å². The number of hydrogen-bond acceptors (Lipinski definition) is 0. The van der Waals surface area contributed by atoms with Crippen molar-refractivity contribution in [1.29, 1.82) is 0 Å². The molecule has 0 heterocycles. The first-order chi connectivity index (χ1) is 6.04. The van der Waals surface area contributed by atoms with E-state index in [1.54, 1.807) is 0 Å². The second-order valence-corrected chi connectivity index (χ2v) is 4.10. The second kappa shape index (κ2) is 6.03. The van der Waals surface area contributed by atoms with E-state index in [1.165, 1.54) is 22.6 Å². The normalized spacial score (nSPS) is 12.4. The van der Waals surface area contributed by atoms with Gasteiger partial charge >= 0.3 is 32.7 Å². The molecule has 0 saturated heterocycles. The van der Waals surface area contributed by atoms with Crippen LogP contribution in [0.4, 0.5) is 0 Å². The maximum absolute atomic E-state index is 2.28. The van der Waals surface area contributed by atoms with Gasteiger partial charge in [0.15, 0.2) is 0 Å². The zero-order valence-corrected chi connectivity index (χ0v) is 12.7. The van der Waals surface area contributed by atoms with Crippen LogP contribution in [0.3, 0.4) is 0 Å². The monoisotopic (exact) mass is 264 g/mol. The molecule has 0 aromatic heterocycles. The molecule has 0 aliphatic heterocycles. The minimum absolute atomic E-state index is 0. The average molecular weight is 264 g/mol. The molecule has 1 rings (SSSR count). The predicted octanol–water partition coefficient (Wildman–Crippen LogP) is 4.02. The molecule has 1 heteroatoms. The molecule has 0 amide bonds. The van der Waals surface area contributed by atoms with Crippen LogP contribution >= 0.6 is 0 Å². The van der Waals surface area contributed by atoms with Crippen molar-refractivity contribution >= 4 is 0 Å². The van der Waals surface area contributed by atoms with Gasteiger partial charge < -0.3 is 5.92 Å². The van der Waals surface area contributed by atoms with E-state index >= 15 is 0 Å². The summed E-state index contributed by atoms with van der Waals surface area (Å²) in [5.74, 6) is 2.07. The number of hydrogen-bond donors (Lipinski definition) is 0. The zero-order valence-electron chi connectivity index (χ0n) is 9.89. The van der Waals surface area contributed by atoms with Gasteiger partial charge in [0.1, 0.15) is 0 Å². The smallest absolute Gasteiger partial charge is 0.313 e. The van der Waals surface area contributed by atoms with Gasteiger partial charge in [-0.25, -0.2) is 0 Å². The van der Waals surface area contributed by atoms with Gasteiger partial charge in [-0.05, 0) is 25.0 Å². The average Bonchev–Trinajstić information content (AvgIpc) is 2.03. The molecule has 0 N–H and O–H groups in total. The van der Waals surface area contributed by atoms with Crippen LogP contribution in [0.25, 0.3) is 0 Å². The summed E-state index contributed by atoms with van der Waals surface area (Å²) in [6.07, 6.45) is 0. The largest absolute Gasteiger partial charge is 3.00 e. The fraction of sp³-hybridized carbons (Fsp3) is 0.462. The summed E-state index contributed by atoms with van der Waals surface area (Å²) < 4.78 is 0. The molecule has 0 spiro atoms. The van der Waals surface area contributed by atoms with Gasteiger partial charge in [0.05, 0.1) is 0 Å². The maximum atomic E-state index is 2.28. The first-order valence-electron chi connectivity index (χ1n) is 4.90. The summed E-state index contributed by atoms with van der Waals surface area (Å²) in [5.41, 5.74) is 4.32. The number of benzene rings is 1. The fourth-order valence-corrected chi connectivity index (χ4v) is 1.80. The van der Waals surface area contributed by atoms with Crippen molar-refractivity contribution in [2.75, 3.05) is 0 Å². The van der Waals surface area contributed by atoms with Crippen molar-refractivity contribution in [3.63, 3.8) is 0 Å². The summed E-state index contributed by atoms with van der Waals surface area (Å²) in [6, 6.07) is 6.52. The molecule has 0 radical (unpaired) electrons. The van der Waals surface area contributed by atoms with Gasteiger partial charge in [-0.2, -0.15) is 13.8 Å². The van der Waals surface area contributed by atoms with E-state index in [2.05, 4.69) is 52.8 Å². The van der Waals surface area contributed by atoms with Crippen LogP contribution in [0.5, 0.6) is 0 Å². The minimum Gasteiger partial charge on any atom is -0.313 e. The number of rotatable bonds is 2. The number of aryl methyl sites for hydroxylation is 2. The Labute approximate surface area is 113 Å². The third-order valence-corrected chi connectivity index (χ3v) is 2.84. The van der Waals surface area contributed by atoms with E-state index in [4.69, 9.17) is 0 Å². The van der Waals surface area contributed by atoms with Crippen molar-refractivity contribution in [3.8, 4) is 0 Å². The Morgan fingerprint density at radius 1 is 1.07 bits per heavy atom. The second-order valence-electron chi connectivity index (χ2n) is 4.10. The van der Waals surface area contributed by atoms with E-state index in [9.17, 15) is 0 Å². The van der Waals surface area contributed by atoms with E-state index < -0.39 is 0 Å². The van der Waals surface area contributed by atoms with E-state index in [1.807, 2.05) is 0 Å². The first-order valence-corrected chi connectivity index (χ1v) is 4.90. The van der Waals surface area contributed by atoms with Gasteiger partial charge in [0.2, 0.25) is 0 Å². The summed E-state index contributed by atoms with van der Waals surface area (Å²) in [5, 5.41) is 0. The summed E-state index contributed by atoms with van der Waals surface area (Å²) in [7, 11) is 0. The Morgan fingerprint density at radius 2 is 1.50 bits per heavy atom. The molecule has 1 unspecified atom stereocenters. The standard InChI is InChI=1S/C13H19.Y/c1-9(2)12(5)13-10(3)7-6-8-11(13)4;/h6-8,12H,1-5H3;/q-1;+3. The van der Waals surface area contributed by atoms with Gasteiger partial charge in [0, 0.05) is 0 Å². The predicted molar refractivity (Wildman–Crippen MR) is 58.9 cm³/mol. The molecule has 14 heavy (non-hydrogen) atoms. The Morgan fingerprint density at radius 3 is 1.86 bits per heavy atom. The van der Waals surface area contributed by atoms with Crippen molar-refractivity contribution in [2.45, 2.75) is 40.5 Å². The fourth-order valence-electron chi connectivity index (χ4n) is 1.80. The molecular formula is C13H19Y+2. The molecule has 0 aliphatic carbocycles. The van der Waals surface area contributed by atoms with Crippen molar-refractivity contribution in [2.24, 2.45) is 0 Å². The molecule has 0 saturated carbocycles. The van der Waals surface area contributed by atoms with Crippen molar-refractivity contribution < 1.29 is 32.7 Å². The van der Waals surface area contributed by atoms with Crippen LogP contribution in [0.2, 0.25) is 0 Å². The molecule has 72 valence electrons. The van der Waals surface area contributed by atoms with Crippen molar-refractivity contribution in [3.05, 3.63) is 40.8 Å². The summed E-state index contributed by atoms with van der Waals surface area (Å²) in [4.78, 5) is 0. The first kappa shape index (κ1) is 14.3. The quantitative estimate of drug-likeness (QED) is 0.708. The van der Waals surface area contributed by atoms with Crippen molar-refractivity contribution in [1.82, 2.24) is 0 Å². The van der Waals surface area contributed by atoms with Crippen LogP contribution < -0.4 is 0 Å². The molecule has 0 fully saturated rings. The van der Waals surface area contributed by atoms with E-state index in [0.717, 1.165) is 0 Å². The zero-order chi connectivity index (χ0) is 10.0. The molecule has 1 aromatic carbocycles. The Bertz CT molecular complexity index is 269. The van der Waals surface area contributed by atoms with Crippen LogP contribution in [0.15, 0.2) is 18.2 Å². The Hall–Kier alpha value is 0.324. The molecule has 0 aliphatic rings. The SMILES string of the molecule is Cc1cccc(C)c1C(C)[C-](C)C.[Y+3]. The summed E-state index contributed by atoms with van der Waals surface area (Å²) >= 11 is 0. The molecule has 0 bridgehead atoms. The van der Waals surface area contributed by atoms with Gasteiger partial charge in [0.25, 0.3) is 0 Å². The third kappa shape index (κ3) is 3.17. The summed E-state index contributed by atoms with van der Waals surface area (Å²) in [6.45, 7) is 11.1. The van der Waals surface area contributed by atoms with Gasteiger partial charge in [-0.1, -0.05) is 30.7 Å².